The molecule has 3 fully saturated rings. The van der Waals surface area contributed by atoms with E-state index < -0.39 is 0 Å². The molecule has 0 amide bonds. The van der Waals surface area contributed by atoms with Crippen LogP contribution in [0.1, 0.15) is 32.1 Å². The molecule has 0 aliphatic heterocycles. The van der Waals surface area contributed by atoms with Crippen LogP contribution in [0.2, 0.25) is 0 Å². The molecular formula is C19H21NS. The molecule has 2 heteroatoms. The predicted octanol–water partition coefficient (Wildman–Crippen LogP) is 5.15. The van der Waals surface area contributed by atoms with Gasteiger partial charge in [0.15, 0.2) is 0 Å². The van der Waals surface area contributed by atoms with Gasteiger partial charge >= 0.3 is 0 Å². The highest BCUT2D eigenvalue weighted by Gasteiger charge is 2.51. The molecule has 3 aliphatic rings. The number of rotatable bonds is 2. The normalized spacial score (nSPS) is 37.2. The van der Waals surface area contributed by atoms with Gasteiger partial charge in [0.1, 0.15) is 5.03 Å². The van der Waals surface area contributed by atoms with Crippen molar-refractivity contribution in [2.45, 2.75) is 42.4 Å². The van der Waals surface area contributed by atoms with Crippen molar-refractivity contribution in [2.24, 2.45) is 23.7 Å². The SMILES string of the molecule is c1ccc2c(S[C@@H]3CC[C@@H]4C[C@@H]5C[C@@H]4[C@@H]3C5)nccc2c1. The van der Waals surface area contributed by atoms with Crippen molar-refractivity contribution in [1.29, 1.82) is 0 Å². The number of thioether (sulfide) groups is 1. The first kappa shape index (κ1) is 12.5. The summed E-state index contributed by atoms with van der Waals surface area (Å²) in [5, 5.41) is 4.75. The highest BCUT2D eigenvalue weighted by molar-refractivity contribution is 8.00. The van der Waals surface area contributed by atoms with Gasteiger partial charge in [-0.25, -0.2) is 4.98 Å². The van der Waals surface area contributed by atoms with Crippen LogP contribution in [0.25, 0.3) is 10.8 Å². The smallest absolute Gasteiger partial charge is 0.104 e. The second kappa shape index (κ2) is 4.74. The molecule has 5 atom stereocenters. The van der Waals surface area contributed by atoms with Gasteiger partial charge in [-0.2, -0.15) is 0 Å². The Labute approximate surface area is 130 Å². The molecule has 3 aliphatic carbocycles. The number of aromatic nitrogens is 1. The Morgan fingerprint density at radius 2 is 1.86 bits per heavy atom. The summed E-state index contributed by atoms with van der Waals surface area (Å²) in [7, 11) is 0. The zero-order valence-electron chi connectivity index (χ0n) is 12.2. The fourth-order valence-electron chi connectivity index (χ4n) is 5.38. The highest BCUT2D eigenvalue weighted by Crippen LogP contribution is 2.60. The molecule has 2 bridgehead atoms. The maximum absolute atomic E-state index is 4.71. The topological polar surface area (TPSA) is 12.9 Å². The van der Waals surface area contributed by atoms with Gasteiger partial charge in [-0.1, -0.05) is 24.3 Å². The van der Waals surface area contributed by atoms with Gasteiger partial charge in [-0.15, -0.1) is 11.8 Å². The molecule has 1 aromatic carbocycles. The largest absolute Gasteiger partial charge is 0.249 e. The van der Waals surface area contributed by atoms with Crippen molar-refractivity contribution in [2.75, 3.05) is 0 Å². The molecule has 0 unspecified atom stereocenters. The number of pyridine rings is 1. The Morgan fingerprint density at radius 3 is 2.81 bits per heavy atom. The lowest BCUT2D eigenvalue weighted by atomic mass is 9.71. The minimum atomic E-state index is 0.815. The van der Waals surface area contributed by atoms with Gasteiger partial charge in [0, 0.05) is 16.8 Å². The van der Waals surface area contributed by atoms with E-state index in [1.54, 1.807) is 6.42 Å². The summed E-state index contributed by atoms with van der Waals surface area (Å²) in [6.07, 6.45) is 9.45. The number of fused-ring (bicyclic) bond motifs is 2. The molecule has 1 heterocycles. The minimum Gasteiger partial charge on any atom is -0.249 e. The zero-order valence-corrected chi connectivity index (χ0v) is 13.1. The van der Waals surface area contributed by atoms with E-state index in [0.717, 1.165) is 28.9 Å². The third-order valence-electron chi connectivity index (χ3n) is 6.20. The first-order valence-electron chi connectivity index (χ1n) is 8.39. The molecule has 0 saturated heterocycles. The van der Waals surface area contributed by atoms with Crippen LogP contribution in [0.3, 0.4) is 0 Å². The fourth-order valence-corrected chi connectivity index (χ4v) is 6.84. The second-order valence-electron chi connectivity index (χ2n) is 7.23. The summed E-state index contributed by atoms with van der Waals surface area (Å²) >= 11 is 2.08. The molecule has 3 saturated carbocycles. The van der Waals surface area contributed by atoms with Crippen LogP contribution < -0.4 is 0 Å². The van der Waals surface area contributed by atoms with Crippen LogP contribution >= 0.6 is 11.8 Å². The van der Waals surface area contributed by atoms with E-state index in [0.29, 0.717) is 0 Å². The van der Waals surface area contributed by atoms with E-state index in [4.69, 9.17) is 4.98 Å². The number of nitrogens with zero attached hydrogens (tertiary/aromatic N) is 1. The molecule has 1 nitrogen and oxygen atoms in total. The minimum absolute atomic E-state index is 0.815. The average molecular weight is 295 g/mol. The lowest BCUT2D eigenvalue weighted by Crippen LogP contribution is -2.34. The van der Waals surface area contributed by atoms with Crippen LogP contribution in [0, 0.1) is 23.7 Å². The van der Waals surface area contributed by atoms with Gasteiger partial charge < -0.3 is 0 Å². The van der Waals surface area contributed by atoms with Gasteiger partial charge in [0.2, 0.25) is 0 Å². The maximum Gasteiger partial charge on any atom is 0.104 e. The Morgan fingerprint density at radius 1 is 0.952 bits per heavy atom. The quantitative estimate of drug-likeness (QED) is 0.759. The van der Waals surface area contributed by atoms with E-state index in [-0.39, 0.29) is 0 Å². The van der Waals surface area contributed by atoms with E-state index in [1.807, 2.05) is 6.20 Å². The summed E-state index contributed by atoms with van der Waals surface area (Å²) in [6.45, 7) is 0. The van der Waals surface area contributed by atoms with E-state index in [9.17, 15) is 0 Å². The molecule has 0 radical (unpaired) electrons. The Hall–Kier alpha value is -1.02. The molecular weight excluding hydrogens is 274 g/mol. The summed E-state index contributed by atoms with van der Waals surface area (Å²) in [6, 6.07) is 10.8. The molecule has 21 heavy (non-hydrogen) atoms. The van der Waals surface area contributed by atoms with Gasteiger partial charge in [0.05, 0.1) is 0 Å². The van der Waals surface area contributed by atoms with Crippen LogP contribution in [-0.2, 0) is 0 Å². The molecule has 5 rings (SSSR count). The van der Waals surface area contributed by atoms with Crippen LogP contribution in [-0.4, -0.2) is 10.2 Å². The lowest BCUT2D eigenvalue weighted by Gasteiger charge is -2.40. The van der Waals surface area contributed by atoms with Crippen molar-refractivity contribution in [3.63, 3.8) is 0 Å². The lowest BCUT2D eigenvalue weighted by molar-refractivity contribution is 0.171. The zero-order chi connectivity index (χ0) is 13.8. The Kier molecular flexibility index (Phi) is 2.83. The van der Waals surface area contributed by atoms with Crippen molar-refractivity contribution >= 4 is 22.5 Å². The van der Waals surface area contributed by atoms with Crippen molar-refractivity contribution < 1.29 is 0 Å². The second-order valence-corrected chi connectivity index (χ2v) is 8.46. The monoisotopic (exact) mass is 295 g/mol. The van der Waals surface area contributed by atoms with Crippen molar-refractivity contribution in [3.05, 3.63) is 36.5 Å². The molecule has 1 aromatic heterocycles. The predicted molar refractivity (Wildman–Crippen MR) is 88.4 cm³/mol. The van der Waals surface area contributed by atoms with Gasteiger partial charge in [0.25, 0.3) is 0 Å². The maximum atomic E-state index is 4.71. The standard InChI is InChI=1S/C19H21NS/c1-2-4-15-13(3-1)7-8-20-19(15)21-18-6-5-14-9-12-10-16(14)17(18)11-12/h1-4,7-8,12,14,16-18H,5-6,9-11H2/t12-,14-,16+,17+,18-/m1/s1. The van der Waals surface area contributed by atoms with E-state index in [2.05, 4.69) is 42.1 Å². The first-order valence-corrected chi connectivity index (χ1v) is 9.27. The summed E-state index contributed by atoms with van der Waals surface area (Å²) in [5.74, 6) is 4.17. The molecule has 0 spiro atoms. The highest BCUT2D eigenvalue weighted by atomic mass is 32.2. The third-order valence-corrected chi connectivity index (χ3v) is 7.64. The van der Waals surface area contributed by atoms with Crippen LogP contribution in [0.15, 0.2) is 41.6 Å². The van der Waals surface area contributed by atoms with E-state index >= 15 is 0 Å². The Bertz CT molecular complexity index is 677. The summed E-state index contributed by atoms with van der Waals surface area (Å²) in [5.41, 5.74) is 0. The molecule has 2 aromatic rings. The first-order chi connectivity index (χ1) is 10.4. The molecule has 0 N–H and O–H groups in total. The van der Waals surface area contributed by atoms with E-state index in [1.165, 1.54) is 41.5 Å². The van der Waals surface area contributed by atoms with Crippen LogP contribution in [0.5, 0.6) is 0 Å². The number of benzene rings is 1. The fraction of sp³-hybridized carbons (Fsp3) is 0.526. The number of hydrogen-bond acceptors (Lipinski definition) is 2. The average Bonchev–Trinajstić information content (AvgIpc) is 3.12. The summed E-state index contributed by atoms with van der Waals surface area (Å²) < 4.78 is 0. The van der Waals surface area contributed by atoms with Crippen molar-refractivity contribution in [1.82, 2.24) is 4.98 Å². The van der Waals surface area contributed by atoms with Gasteiger partial charge in [-0.05, 0) is 67.2 Å². The third kappa shape index (κ3) is 1.95. The number of hydrogen-bond donors (Lipinski definition) is 0. The summed E-state index contributed by atoms with van der Waals surface area (Å²) in [4.78, 5) is 4.71. The van der Waals surface area contributed by atoms with Crippen molar-refractivity contribution in [3.8, 4) is 0 Å². The van der Waals surface area contributed by atoms with Gasteiger partial charge in [-0.3, -0.25) is 0 Å². The Balaban J connectivity index is 1.46. The van der Waals surface area contributed by atoms with Crippen LogP contribution in [0.4, 0.5) is 0 Å². The molecule has 108 valence electrons.